The van der Waals surface area contributed by atoms with Gasteiger partial charge < -0.3 is 5.32 Å². The maximum absolute atomic E-state index is 12.2. The van der Waals surface area contributed by atoms with Gasteiger partial charge in [0.15, 0.2) is 10.9 Å². The number of carbonyl (C=O) groups is 2. The smallest absolute Gasteiger partial charge is 0.240 e. The summed E-state index contributed by atoms with van der Waals surface area (Å²) in [6.45, 7) is 3.18. The highest BCUT2D eigenvalue weighted by molar-refractivity contribution is 7.89. The molecule has 24 heavy (non-hydrogen) atoms. The second-order valence-electron chi connectivity index (χ2n) is 5.06. The van der Waals surface area contributed by atoms with Crippen LogP contribution in [-0.2, 0) is 14.8 Å². The zero-order valence-corrected chi connectivity index (χ0v) is 14.8. The van der Waals surface area contributed by atoms with Crippen LogP contribution >= 0.6 is 11.3 Å². The number of Topliss-reactive ketones (excluding diaryl/α,β-unsaturated/α-hetero) is 1. The van der Waals surface area contributed by atoms with Crippen LogP contribution in [0.25, 0.3) is 0 Å². The molecule has 7 nitrogen and oxygen atoms in total. The number of anilines is 1. The Bertz CT molecular complexity index is 859. The van der Waals surface area contributed by atoms with Crippen LogP contribution in [0.2, 0.25) is 0 Å². The molecule has 0 spiro atoms. The molecule has 2 N–H and O–H groups in total. The number of amides is 1. The Morgan fingerprint density at radius 2 is 2.04 bits per heavy atom. The molecule has 9 heteroatoms. The van der Waals surface area contributed by atoms with E-state index in [2.05, 4.69) is 15.0 Å². The second kappa shape index (κ2) is 7.65. The number of rotatable bonds is 7. The fourth-order valence-electron chi connectivity index (χ4n) is 1.86. The van der Waals surface area contributed by atoms with E-state index in [0.717, 1.165) is 4.88 Å². The highest BCUT2D eigenvalue weighted by atomic mass is 32.2. The van der Waals surface area contributed by atoms with Gasteiger partial charge in [-0.3, -0.25) is 9.59 Å². The number of aromatic nitrogens is 1. The first-order chi connectivity index (χ1) is 11.3. The SMILES string of the molecule is CC(=O)c1cccc(S(=O)(=O)NCCC(=O)Nc2ncc(C)s2)c1. The van der Waals surface area contributed by atoms with Gasteiger partial charge in [0, 0.05) is 29.6 Å². The summed E-state index contributed by atoms with van der Waals surface area (Å²) in [4.78, 5) is 28.1. The Hall–Kier alpha value is -2.10. The first-order valence-corrected chi connectivity index (χ1v) is 9.41. The van der Waals surface area contributed by atoms with Crippen molar-refractivity contribution >= 4 is 38.2 Å². The zero-order valence-electron chi connectivity index (χ0n) is 13.2. The Morgan fingerprint density at radius 3 is 2.67 bits per heavy atom. The van der Waals surface area contributed by atoms with E-state index in [9.17, 15) is 18.0 Å². The van der Waals surface area contributed by atoms with Crippen molar-refractivity contribution in [1.29, 1.82) is 0 Å². The van der Waals surface area contributed by atoms with Crippen molar-refractivity contribution in [3.05, 3.63) is 40.9 Å². The summed E-state index contributed by atoms with van der Waals surface area (Å²) in [6, 6.07) is 5.75. The average Bonchev–Trinajstić information content (AvgIpc) is 2.92. The number of nitrogens with one attached hydrogen (secondary N) is 2. The standard InChI is InChI=1S/C15H17N3O4S2/c1-10-9-16-15(23-10)18-14(20)6-7-17-24(21,22)13-5-3-4-12(8-13)11(2)19/h3-5,8-9,17H,6-7H2,1-2H3,(H,16,18,20). The van der Waals surface area contributed by atoms with Gasteiger partial charge in [0.2, 0.25) is 15.9 Å². The monoisotopic (exact) mass is 367 g/mol. The van der Waals surface area contributed by atoms with Gasteiger partial charge in [0.25, 0.3) is 0 Å². The molecule has 1 heterocycles. The third-order valence-electron chi connectivity index (χ3n) is 3.06. The molecule has 0 aliphatic heterocycles. The molecule has 0 fully saturated rings. The summed E-state index contributed by atoms with van der Waals surface area (Å²) in [5.41, 5.74) is 0.315. The van der Waals surface area contributed by atoms with Crippen molar-refractivity contribution in [3.63, 3.8) is 0 Å². The normalized spacial score (nSPS) is 11.2. The molecule has 0 aliphatic carbocycles. The number of aryl methyl sites for hydroxylation is 1. The Kier molecular flexibility index (Phi) is 5.81. The van der Waals surface area contributed by atoms with E-state index in [1.807, 2.05) is 6.92 Å². The maximum atomic E-state index is 12.2. The number of sulfonamides is 1. The number of thiazole rings is 1. The number of benzene rings is 1. The molecule has 0 unspecified atom stereocenters. The molecule has 1 aromatic heterocycles. The highest BCUT2D eigenvalue weighted by Crippen LogP contribution is 2.16. The Labute approximate surface area is 144 Å². The Morgan fingerprint density at radius 1 is 1.29 bits per heavy atom. The predicted octanol–water partition coefficient (Wildman–Crippen LogP) is 1.96. The maximum Gasteiger partial charge on any atom is 0.240 e. The van der Waals surface area contributed by atoms with Gasteiger partial charge in [-0.25, -0.2) is 18.1 Å². The van der Waals surface area contributed by atoms with Crippen LogP contribution in [0.4, 0.5) is 5.13 Å². The molecule has 0 radical (unpaired) electrons. The van der Waals surface area contributed by atoms with Gasteiger partial charge >= 0.3 is 0 Å². The molecule has 0 saturated carbocycles. The van der Waals surface area contributed by atoms with E-state index in [1.54, 1.807) is 12.3 Å². The number of hydrogen-bond donors (Lipinski definition) is 2. The van der Waals surface area contributed by atoms with Crippen LogP contribution in [0.15, 0.2) is 35.4 Å². The van der Waals surface area contributed by atoms with Crippen LogP contribution in [0.5, 0.6) is 0 Å². The van der Waals surface area contributed by atoms with Gasteiger partial charge in [0.1, 0.15) is 0 Å². The first kappa shape index (κ1) is 18.2. The molecular weight excluding hydrogens is 350 g/mol. The van der Waals surface area contributed by atoms with Crippen LogP contribution < -0.4 is 10.0 Å². The van der Waals surface area contributed by atoms with E-state index in [1.165, 1.54) is 36.5 Å². The van der Waals surface area contributed by atoms with E-state index in [4.69, 9.17) is 0 Å². The van der Waals surface area contributed by atoms with Gasteiger partial charge in [-0.05, 0) is 26.0 Å². The minimum Gasteiger partial charge on any atom is -0.302 e. The van der Waals surface area contributed by atoms with E-state index in [-0.39, 0.29) is 29.6 Å². The molecule has 1 amide bonds. The zero-order chi connectivity index (χ0) is 17.7. The number of carbonyl (C=O) groups excluding carboxylic acids is 2. The molecule has 0 aliphatic rings. The number of hydrogen-bond acceptors (Lipinski definition) is 6. The Balaban J connectivity index is 1.92. The minimum atomic E-state index is -3.78. The topological polar surface area (TPSA) is 105 Å². The van der Waals surface area contributed by atoms with Crippen LogP contribution in [0, 0.1) is 6.92 Å². The summed E-state index contributed by atoms with van der Waals surface area (Å²) in [5, 5.41) is 3.08. The lowest BCUT2D eigenvalue weighted by atomic mass is 10.2. The summed E-state index contributed by atoms with van der Waals surface area (Å²) in [7, 11) is -3.78. The number of nitrogens with zero attached hydrogens (tertiary/aromatic N) is 1. The van der Waals surface area contributed by atoms with Crippen molar-refractivity contribution in [2.75, 3.05) is 11.9 Å². The van der Waals surface area contributed by atoms with Gasteiger partial charge in [-0.1, -0.05) is 12.1 Å². The molecule has 2 rings (SSSR count). The minimum absolute atomic E-state index is 0.00819. The third kappa shape index (κ3) is 4.95. The van der Waals surface area contributed by atoms with Gasteiger partial charge in [0.05, 0.1) is 4.90 Å². The predicted molar refractivity (Wildman–Crippen MR) is 91.7 cm³/mol. The molecule has 0 bridgehead atoms. The lowest BCUT2D eigenvalue weighted by molar-refractivity contribution is -0.116. The summed E-state index contributed by atoms with van der Waals surface area (Å²) >= 11 is 1.34. The van der Waals surface area contributed by atoms with Crippen LogP contribution in [-0.4, -0.2) is 31.6 Å². The molecular formula is C15H17N3O4S2. The van der Waals surface area contributed by atoms with Gasteiger partial charge in [-0.2, -0.15) is 0 Å². The van der Waals surface area contributed by atoms with E-state index >= 15 is 0 Å². The largest absolute Gasteiger partial charge is 0.302 e. The molecule has 128 valence electrons. The summed E-state index contributed by atoms with van der Waals surface area (Å²) in [5.74, 6) is -0.547. The van der Waals surface area contributed by atoms with Crippen molar-refractivity contribution in [2.45, 2.75) is 25.2 Å². The van der Waals surface area contributed by atoms with Crippen LogP contribution in [0.3, 0.4) is 0 Å². The van der Waals surface area contributed by atoms with Crippen molar-refractivity contribution < 1.29 is 18.0 Å². The molecule has 1 aromatic carbocycles. The molecule has 0 atom stereocenters. The lowest BCUT2D eigenvalue weighted by Gasteiger charge is -2.07. The van der Waals surface area contributed by atoms with Crippen molar-refractivity contribution in [3.8, 4) is 0 Å². The molecule has 2 aromatic rings. The fourth-order valence-corrected chi connectivity index (χ4v) is 3.62. The second-order valence-corrected chi connectivity index (χ2v) is 8.06. The highest BCUT2D eigenvalue weighted by Gasteiger charge is 2.15. The van der Waals surface area contributed by atoms with Crippen LogP contribution in [0.1, 0.15) is 28.6 Å². The van der Waals surface area contributed by atoms with E-state index < -0.39 is 10.0 Å². The van der Waals surface area contributed by atoms with E-state index in [0.29, 0.717) is 10.7 Å². The number of ketones is 1. The average molecular weight is 367 g/mol. The molecule has 0 saturated heterocycles. The quantitative estimate of drug-likeness (QED) is 0.728. The van der Waals surface area contributed by atoms with Gasteiger partial charge in [-0.15, -0.1) is 11.3 Å². The van der Waals surface area contributed by atoms with Crippen molar-refractivity contribution in [2.24, 2.45) is 0 Å². The summed E-state index contributed by atoms with van der Waals surface area (Å²) in [6.07, 6.45) is 1.62. The third-order valence-corrected chi connectivity index (χ3v) is 5.35. The van der Waals surface area contributed by atoms with Crippen molar-refractivity contribution in [1.82, 2.24) is 9.71 Å². The summed E-state index contributed by atoms with van der Waals surface area (Å²) < 4.78 is 26.7. The fraction of sp³-hybridized carbons (Fsp3) is 0.267. The first-order valence-electron chi connectivity index (χ1n) is 7.11. The lowest BCUT2D eigenvalue weighted by Crippen LogP contribution is -2.28.